The molecule has 0 aliphatic carbocycles. The second kappa shape index (κ2) is 6.74. The molecule has 5 rings (SSSR count). The molecule has 0 spiro atoms. The van der Waals surface area contributed by atoms with Gasteiger partial charge in [-0.15, -0.1) is 0 Å². The van der Waals surface area contributed by atoms with Gasteiger partial charge in [0.05, 0.1) is 12.2 Å². The molecule has 2 aromatic rings. The lowest BCUT2D eigenvalue weighted by Crippen LogP contribution is -2.50. The zero-order valence-electron chi connectivity index (χ0n) is 14.8. The zero-order valence-corrected chi connectivity index (χ0v) is 14.8. The lowest BCUT2D eigenvalue weighted by atomic mass is 9.73. The van der Waals surface area contributed by atoms with Crippen molar-refractivity contribution in [3.8, 4) is 5.75 Å². The standard InChI is InChI=1S/C19H21F3N2O3/c20-19(21,22)12-26-13-1-2-16-14(9-13)15(10-23-16)17(25)27-11-18-3-6-24(7-4-18)8-5-18/h1-2,9-10,23H,3-8,11-12H2. The summed E-state index contributed by atoms with van der Waals surface area (Å²) < 4.78 is 47.4. The van der Waals surface area contributed by atoms with E-state index in [1.807, 2.05) is 0 Å². The molecule has 0 atom stereocenters. The van der Waals surface area contributed by atoms with E-state index in [0.29, 0.717) is 23.1 Å². The van der Waals surface area contributed by atoms with Crippen molar-refractivity contribution < 1.29 is 27.4 Å². The van der Waals surface area contributed by atoms with E-state index in [4.69, 9.17) is 9.47 Å². The van der Waals surface area contributed by atoms with Gasteiger partial charge in [-0.2, -0.15) is 13.2 Å². The van der Waals surface area contributed by atoms with Crippen LogP contribution in [0, 0.1) is 5.41 Å². The molecular formula is C19H21F3N2O3. The first kappa shape index (κ1) is 18.2. The van der Waals surface area contributed by atoms with Crippen molar-refractivity contribution in [2.75, 3.05) is 32.8 Å². The summed E-state index contributed by atoms with van der Waals surface area (Å²) >= 11 is 0. The number of fused-ring (bicyclic) bond motifs is 4. The maximum atomic E-state index is 12.6. The Morgan fingerprint density at radius 1 is 1.19 bits per heavy atom. The Morgan fingerprint density at radius 3 is 2.56 bits per heavy atom. The van der Waals surface area contributed by atoms with Crippen LogP contribution in [0.4, 0.5) is 13.2 Å². The van der Waals surface area contributed by atoms with Gasteiger partial charge in [0.15, 0.2) is 6.61 Å². The highest BCUT2D eigenvalue weighted by Gasteiger charge is 2.40. The summed E-state index contributed by atoms with van der Waals surface area (Å²) in [5, 5.41) is 0.496. The number of hydrogen-bond acceptors (Lipinski definition) is 4. The Morgan fingerprint density at radius 2 is 1.89 bits per heavy atom. The molecule has 8 heteroatoms. The number of H-pyrrole nitrogens is 1. The predicted molar refractivity (Wildman–Crippen MR) is 92.9 cm³/mol. The van der Waals surface area contributed by atoms with Crippen LogP contribution in [-0.2, 0) is 4.74 Å². The van der Waals surface area contributed by atoms with Crippen LogP contribution in [0.25, 0.3) is 10.9 Å². The summed E-state index contributed by atoms with van der Waals surface area (Å²) in [6.07, 6.45) is 0.211. The number of carbonyl (C=O) groups is 1. The fraction of sp³-hybridized carbons (Fsp3) is 0.526. The van der Waals surface area contributed by atoms with E-state index in [1.165, 1.54) is 18.3 Å². The largest absolute Gasteiger partial charge is 0.484 e. The van der Waals surface area contributed by atoms with Crippen molar-refractivity contribution in [2.24, 2.45) is 5.41 Å². The predicted octanol–water partition coefficient (Wildman–Crippen LogP) is 3.75. The van der Waals surface area contributed by atoms with Crippen molar-refractivity contribution in [1.82, 2.24) is 9.88 Å². The Bertz CT molecular complexity index is 825. The molecule has 146 valence electrons. The van der Waals surface area contributed by atoms with E-state index >= 15 is 0 Å². The highest BCUT2D eigenvalue weighted by Crippen LogP contribution is 2.40. The summed E-state index contributed by atoms with van der Waals surface area (Å²) in [7, 11) is 0. The molecule has 3 fully saturated rings. The Balaban J connectivity index is 1.46. The molecule has 27 heavy (non-hydrogen) atoms. The van der Waals surface area contributed by atoms with Crippen LogP contribution in [0.5, 0.6) is 5.75 Å². The fourth-order valence-electron chi connectivity index (χ4n) is 3.93. The van der Waals surface area contributed by atoms with Crippen molar-refractivity contribution in [2.45, 2.75) is 25.4 Å². The Kier molecular flexibility index (Phi) is 4.53. The average molecular weight is 382 g/mol. The molecule has 0 radical (unpaired) electrons. The quantitative estimate of drug-likeness (QED) is 0.801. The minimum absolute atomic E-state index is 0.0618. The summed E-state index contributed by atoms with van der Waals surface area (Å²) in [4.78, 5) is 18.0. The number of benzene rings is 1. The van der Waals surface area contributed by atoms with Gasteiger partial charge in [-0.3, -0.25) is 0 Å². The smallest absolute Gasteiger partial charge is 0.422 e. The summed E-state index contributed by atoms with van der Waals surface area (Å²) in [6, 6.07) is 4.47. The molecule has 0 amide bonds. The van der Waals surface area contributed by atoms with Crippen molar-refractivity contribution in [1.29, 1.82) is 0 Å². The molecule has 3 saturated heterocycles. The topological polar surface area (TPSA) is 54.6 Å². The molecule has 3 aliphatic rings. The van der Waals surface area contributed by atoms with Crippen LogP contribution in [0.1, 0.15) is 29.6 Å². The Labute approximate surface area is 154 Å². The minimum Gasteiger partial charge on any atom is -0.484 e. The zero-order chi connectivity index (χ0) is 19.1. The molecule has 0 saturated carbocycles. The molecule has 1 aromatic heterocycles. The number of hydrogen-bond donors (Lipinski definition) is 1. The number of aromatic nitrogens is 1. The first-order valence-corrected chi connectivity index (χ1v) is 9.04. The van der Waals surface area contributed by atoms with E-state index in [1.54, 1.807) is 6.07 Å². The minimum atomic E-state index is -4.41. The average Bonchev–Trinajstić information content (AvgIpc) is 3.09. The second-order valence-electron chi connectivity index (χ2n) is 7.48. The molecule has 1 N–H and O–H groups in total. The van der Waals surface area contributed by atoms with Crippen LogP contribution >= 0.6 is 0 Å². The summed E-state index contributed by atoms with van der Waals surface area (Å²) in [5.74, 6) is -0.400. The first-order chi connectivity index (χ1) is 12.8. The number of ether oxygens (including phenoxy) is 2. The normalized spacial score (nSPS) is 24.9. The maximum Gasteiger partial charge on any atom is 0.422 e. The van der Waals surface area contributed by atoms with Crippen LogP contribution in [0.15, 0.2) is 24.4 Å². The number of nitrogens with zero attached hydrogens (tertiary/aromatic N) is 1. The highest BCUT2D eigenvalue weighted by molar-refractivity contribution is 6.04. The van der Waals surface area contributed by atoms with Gasteiger partial charge in [-0.1, -0.05) is 0 Å². The number of alkyl halides is 3. The van der Waals surface area contributed by atoms with E-state index in [-0.39, 0.29) is 11.2 Å². The second-order valence-corrected chi connectivity index (χ2v) is 7.48. The molecule has 5 nitrogen and oxygen atoms in total. The van der Waals surface area contributed by atoms with Crippen LogP contribution in [0.2, 0.25) is 0 Å². The van der Waals surface area contributed by atoms with E-state index in [9.17, 15) is 18.0 Å². The third kappa shape index (κ3) is 3.90. The number of aromatic amines is 1. The van der Waals surface area contributed by atoms with Gasteiger partial charge in [-0.05, 0) is 57.1 Å². The number of rotatable bonds is 5. The maximum absolute atomic E-state index is 12.6. The Hall–Kier alpha value is -2.22. The number of halogens is 3. The fourth-order valence-corrected chi connectivity index (χ4v) is 3.93. The summed E-state index contributed by atoms with van der Waals surface area (Å²) in [6.45, 7) is 2.15. The van der Waals surface area contributed by atoms with Crippen LogP contribution in [-0.4, -0.2) is 54.9 Å². The van der Waals surface area contributed by atoms with Crippen LogP contribution < -0.4 is 4.74 Å². The van der Waals surface area contributed by atoms with Crippen molar-refractivity contribution in [3.05, 3.63) is 30.0 Å². The molecule has 3 aliphatic heterocycles. The van der Waals surface area contributed by atoms with Crippen molar-refractivity contribution >= 4 is 16.9 Å². The summed E-state index contributed by atoms with van der Waals surface area (Å²) in [5.41, 5.74) is 1.02. The van der Waals surface area contributed by atoms with Crippen molar-refractivity contribution in [3.63, 3.8) is 0 Å². The van der Waals surface area contributed by atoms with Gasteiger partial charge >= 0.3 is 12.1 Å². The SMILES string of the molecule is O=C(OCC12CCN(CC1)CC2)c1c[nH]c2ccc(OCC(F)(F)F)cc12. The molecule has 0 unspecified atom stereocenters. The molecule has 4 heterocycles. The molecule has 2 bridgehead atoms. The number of nitrogens with one attached hydrogen (secondary N) is 1. The van der Waals surface area contributed by atoms with E-state index in [2.05, 4.69) is 9.88 Å². The van der Waals surface area contributed by atoms with Gasteiger partial charge < -0.3 is 19.4 Å². The van der Waals surface area contributed by atoms with Gasteiger partial charge in [0.2, 0.25) is 0 Å². The van der Waals surface area contributed by atoms with E-state index in [0.717, 1.165) is 38.9 Å². The van der Waals surface area contributed by atoms with Gasteiger partial charge in [-0.25, -0.2) is 4.79 Å². The third-order valence-corrected chi connectivity index (χ3v) is 5.66. The first-order valence-electron chi connectivity index (χ1n) is 9.04. The van der Waals surface area contributed by atoms with Gasteiger partial charge in [0.25, 0.3) is 0 Å². The van der Waals surface area contributed by atoms with Crippen LogP contribution in [0.3, 0.4) is 0 Å². The third-order valence-electron chi connectivity index (χ3n) is 5.66. The van der Waals surface area contributed by atoms with Gasteiger partial charge in [0, 0.05) is 22.5 Å². The lowest BCUT2D eigenvalue weighted by Gasteiger charge is -2.47. The van der Waals surface area contributed by atoms with Gasteiger partial charge in [0.1, 0.15) is 5.75 Å². The van der Waals surface area contributed by atoms with E-state index < -0.39 is 18.8 Å². The monoisotopic (exact) mass is 382 g/mol. The number of carbonyl (C=O) groups excluding carboxylic acids is 1. The highest BCUT2D eigenvalue weighted by atomic mass is 19.4. The lowest BCUT2D eigenvalue weighted by molar-refractivity contribution is -0.153. The molecule has 1 aromatic carbocycles. The number of esters is 1. The molecular weight excluding hydrogens is 361 g/mol. The number of piperidine rings is 3.